The second-order valence-corrected chi connectivity index (χ2v) is 24.8. The summed E-state index contributed by atoms with van der Waals surface area (Å²) >= 11 is 0. The highest BCUT2D eigenvalue weighted by molar-refractivity contribution is 7.00. The monoisotopic (exact) mass is 927 g/mol. The van der Waals surface area contributed by atoms with Crippen LogP contribution in [0.3, 0.4) is 0 Å². The zero-order valence-electron chi connectivity index (χ0n) is 42.4. The van der Waals surface area contributed by atoms with Crippen molar-refractivity contribution >= 4 is 56.2 Å². The summed E-state index contributed by atoms with van der Waals surface area (Å²) in [6.07, 6.45) is 0. The third-order valence-electron chi connectivity index (χ3n) is 18.2. The fourth-order valence-corrected chi connectivity index (χ4v) is 15.1. The highest BCUT2D eigenvalue weighted by atomic mass is 16.1. The van der Waals surface area contributed by atoms with E-state index in [4.69, 9.17) is 0 Å². The van der Waals surface area contributed by atoms with E-state index in [9.17, 15) is 0 Å². The van der Waals surface area contributed by atoms with Crippen LogP contribution in [-0.2, 0) is 27.1 Å². The van der Waals surface area contributed by atoms with Gasteiger partial charge in [0, 0.05) is 16.6 Å². The first kappa shape index (κ1) is 41.0. The Morgan fingerprint density at radius 1 is 0.403 bits per heavy atom. The van der Waals surface area contributed by atoms with Gasteiger partial charge in [0.2, 0.25) is 6.71 Å². The van der Waals surface area contributed by atoms with Crippen molar-refractivity contribution in [2.24, 2.45) is 0 Å². The van der Waals surface area contributed by atoms with Gasteiger partial charge in [0.05, 0.1) is 21.9 Å². The lowest BCUT2D eigenvalue weighted by molar-refractivity contribution is 0.590. The van der Waals surface area contributed by atoms with E-state index >= 15 is 4.79 Å². The number of hydrogen-bond acceptors (Lipinski definition) is 1. The Kier molecular flexibility index (Phi) is 7.23. The molecule has 346 valence electrons. The molecule has 0 N–H and O–H groups in total. The molecule has 5 aliphatic rings. The number of rotatable bonds is 0. The van der Waals surface area contributed by atoms with E-state index in [1.165, 1.54) is 106 Å². The molecule has 0 radical (unpaired) electrons. The lowest BCUT2D eigenvalue weighted by atomic mass is 9.29. The molecule has 0 saturated heterocycles. The van der Waals surface area contributed by atoms with Crippen LogP contribution in [0.25, 0.3) is 61.0 Å². The summed E-state index contributed by atoms with van der Waals surface area (Å²) in [4.78, 5) is 16.5. The van der Waals surface area contributed by atoms with Crippen molar-refractivity contribution in [1.29, 1.82) is 0 Å². The van der Waals surface area contributed by atoms with Gasteiger partial charge in [0.1, 0.15) is 11.3 Å². The Bertz CT molecular complexity index is 4350. The summed E-state index contributed by atoms with van der Waals surface area (Å²) in [6.45, 7) is 20.7. The molecule has 0 amide bonds. The van der Waals surface area contributed by atoms with E-state index in [2.05, 4.69) is 239 Å². The average molecular weight is 928 g/mol. The van der Waals surface area contributed by atoms with E-state index in [-0.39, 0.29) is 28.6 Å². The van der Waals surface area contributed by atoms with E-state index < -0.39 is 10.8 Å². The minimum atomic E-state index is -0.758. The second kappa shape index (κ2) is 12.7. The Morgan fingerprint density at radius 2 is 0.833 bits per heavy atom. The van der Waals surface area contributed by atoms with Crippen molar-refractivity contribution in [3.8, 4) is 27.9 Å². The summed E-state index contributed by atoms with van der Waals surface area (Å²) in [5.41, 5.74) is 26.4. The lowest BCUT2D eigenvalue weighted by Gasteiger charge is -2.48. The van der Waals surface area contributed by atoms with E-state index in [0.29, 0.717) is 0 Å². The van der Waals surface area contributed by atoms with Crippen LogP contribution in [0.1, 0.15) is 124 Å². The molecule has 72 heavy (non-hydrogen) atoms. The van der Waals surface area contributed by atoms with E-state index in [0.717, 1.165) is 33.1 Å². The summed E-state index contributed by atoms with van der Waals surface area (Å²) < 4.78 is 6.83. The molecule has 4 nitrogen and oxygen atoms in total. The second-order valence-electron chi connectivity index (χ2n) is 24.8. The minimum Gasteiger partial charge on any atom is -0.281 e. The largest absolute Gasteiger partial charge is 0.340 e. The van der Waals surface area contributed by atoms with Crippen LogP contribution in [0.5, 0.6) is 0 Å². The van der Waals surface area contributed by atoms with Gasteiger partial charge in [-0.3, -0.25) is 4.57 Å². The quantitative estimate of drug-likeness (QED) is 0.139. The molecule has 16 rings (SSSR count). The van der Waals surface area contributed by atoms with Crippen molar-refractivity contribution < 1.29 is 0 Å². The highest BCUT2D eigenvalue weighted by Gasteiger charge is 2.60. The van der Waals surface area contributed by atoms with Gasteiger partial charge in [-0.15, -0.1) is 0 Å². The predicted molar refractivity (Wildman–Crippen MR) is 298 cm³/mol. The van der Waals surface area contributed by atoms with E-state index in [1.807, 2.05) is 0 Å². The highest BCUT2D eigenvalue weighted by Crippen LogP contribution is 2.64. The van der Waals surface area contributed by atoms with Crippen molar-refractivity contribution in [3.63, 3.8) is 0 Å². The third-order valence-corrected chi connectivity index (χ3v) is 18.2. The fourth-order valence-electron chi connectivity index (χ4n) is 15.1. The van der Waals surface area contributed by atoms with Gasteiger partial charge >= 0.3 is 5.69 Å². The first-order valence-electron chi connectivity index (χ1n) is 26.0. The molecule has 11 aromatic rings. The number of fused-ring (bicyclic) bond motifs is 23. The molecule has 0 saturated carbocycles. The van der Waals surface area contributed by atoms with Crippen LogP contribution in [0.2, 0.25) is 0 Å². The molecule has 6 heterocycles. The molecule has 8 aromatic carbocycles. The molecule has 2 spiro atoms. The van der Waals surface area contributed by atoms with Crippen LogP contribution in [0, 0.1) is 0 Å². The van der Waals surface area contributed by atoms with Crippen molar-refractivity contribution in [3.05, 3.63) is 235 Å². The van der Waals surface area contributed by atoms with Crippen molar-refractivity contribution in [1.82, 2.24) is 13.4 Å². The smallest absolute Gasteiger partial charge is 0.281 e. The van der Waals surface area contributed by atoms with Gasteiger partial charge in [-0.25, -0.2) is 13.6 Å². The van der Waals surface area contributed by atoms with Gasteiger partial charge in [-0.05, 0) is 135 Å². The SMILES string of the molecule is CC(C)(C)c1ccc2c(c1)B1c3c(ccc4c3-n3c5c1c1cc(C(C)(C)C)ccc1n5c(=O)n1c5ccc(C(C)(C)C)cc5c(c31)C41c3ccccc3-c3ccccc31)C21c2ccccc2-c2ccccc21. The Labute approximate surface area is 420 Å². The molecular weight excluding hydrogens is 874 g/mol. The number of nitrogens with zero attached hydrogens (tertiary/aromatic N) is 3. The van der Waals surface area contributed by atoms with Gasteiger partial charge in [0.25, 0.3) is 0 Å². The Morgan fingerprint density at radius 3 is 1.38 bits per heavy atom. The van der Waals surface area contributed by atoms with Gasteiger partial charge in [-0.1, -0.05) is 207 Å². The van der Waals surface area contributed by atoms with Crippen molar-refractivity contribution in [2.75, 3.05) is 0 Å². The zero-order valence-corrected chi connectivity index (χ0v) is 42.4. The van der Waals surface area contributed by atoms with Crippen LogP contribution >= 0.6 is 0 Å². The minimum absolute atomic E-state index is 0.0249. The Hall–Kier alpha value is -7.63. The van der Waals surface area contributed by atoms with Crippen LogP contribution in [0.15, 0.2) is 169 Å². The standard InChI is InChI=1S/C67H54BN3O/c1-63(2,3)37-27-32-54-44(34-37)56-60-69(54)62(72)70-55-33-28-38(64(4,5)6)35-45(55)57-61(70)71(60)59-52(67(56)48-24-16-12-20-42(48)43-21-13-17-25-49(43)67)31-30-51-58(59)68(57)53-36-39(65(7,8)9)26-29-50(53)66(51)46-22-14-10-18-40(46)41-19-11-15-23-47(41)66/h10-36H,1-9H3. The first-order chi connectivity index (χ1) is 34.6. The maximum Gasteiger partial charge on any atom is 0.340 e. The van der Waals surface area contributed by atoms with Gasteiger partial charge in [-0.2, -0.15) is 0 Å². The zero-order chi connectivity index (χ0) is 48.9. The number of benzene rings is 8. The van der Waals surface area contributed by atoms with Gasteiger partial charge < -0.3 is 0 Å². The maximum absolute atomic E-state index is 16.5. The number of hydrogen-bond donors (Lipinski definition) is 0. The van der Waals surface area contributed by atoms with Crippen LogP contribution in [-0.4, -0.2) is 20.1 Å². The molecule has 3 aromatic heterocycles. The molecule has 0 atom stereocenters. The summed E-state index contributed by atoms with van der Waals surface area (Å²) in [6, 6.07) is 63.2. The predicted octanol–water partition coefficient (Wildman–Crippen LogP) is 12.7. The van der Waals surface area contributed by atoms with E-state index in [1.54, 1.807) is 0 Å². The molecule has 2 aliphatic carbocycles. The molecule has 3 aliphatic heterocycles. The third kappa shape index (κ3) is 4.43. The van der Waals surface area contributed by atoms with Crippen molar-refractivity contribution in [2.45, 2.75) is 89.4 Å². The molecule has 5 heteroatoms. The lowest BCUT2D eigenvalue weighted by Crippen LogP contribution is -2.65. The normalized spacial score (nSPS) is 15.8. The molecule has 0 fully saturated rings. The van der Waals surface area contributed by atoms with Crippen LogP contribution < -0.4 is 22.1 Å². The summed E-state index contributed by atoms with van der Waals surface area (Å²) in [7, 11) is 0. The summed E-state index contributed by atoms with van der Waals surface area (Å²) in [5.74, 6) is 0. The molecular formula is C67H54BN3O. The Balaban J connectivity index is 1.23. The molecule has 0 bridgehead atoms. The molecule has 0 unspecified atom stereocenters. The fraction of sp³-hybridized carbons (Fsp3) is 0.209. The first-order valence-corrected chi connectivity index (χ1v) is 26.0. The topological polar surface area (TPSA) is 30.8 Å². The summed E-state index contributed by atoms with van der Waals surface area (Å²) in [5, 5.41) is 2.28. The van der Waals surface area contributed by atoms with Crippen LogP contribution in [0.4, 0.5) is 0 Å². The maximum atomic E-state index is 16.5. The van der Waals surface area contributed by atoms with Gasteiger partial charge in [0.15, 0.2) is 0 Å². The average Bonchev–Trinajstić information content (AvgIpc) is 4.08. The number of aromatic nitrogens is 3.